The van der Waals surface area contributed by atoms with Gasteiger partial charge in [-0.15, -0.1) is 0 Å². The molecule has 1 rings (SSSR count). The minimum absolute atomic E-state index is 0.0854. The van der Waals surface area contributed by atoms with Crippen LogP contribution in [0.25, 0.3) is 0 Å². The van der Waals surface area contributed by atoms with E-state index in [1.807, 2.05) is 0 Å². The fourth-order valence-electron chi connectivity index (χ4n) is 1.15. The number of aliphatic hydroxyl groups is 1. The minimum atomic E-state index is -0.320. The van der Waals surface area contributed by atoms with Crippen molar-refractivity contribution in [3.63, 3.8) is 0 Å². The lowest BCUT2D eigenvalue weighted by Crippen LogP contribution is -2.29. The molecule has 1 N–H and O–H groups in total. The second-order valence-electron chi connectivity index (χ2n) is 2.53. The molecule has 4 nitrogen and oxygen atoms in total. The summed E-state index contributed by atoms with van der Waals surface area (Å²) in [4.78, 5) is 10.5. The smallest absolute Gasteiger partial charge is 0.302 e. The Labute approximate surface area is 65.1 Å². The van der Waals surface area contributed by atoms with Gasteiger partial charge in [0.25, 0.3) is 0 Å². The molecular weight excluding hydrogens is 148 g/mol. The average molecular weight is 160 g/mol. The van der Waals surface area contributed by atoms with Crippen LogP contribution in [0.5, 0.6) is 0 Å². The number of hydrogen-bond acceptors (Lipinski definition) is 4. The van der Waals surface area contributed by atoms with E-state index >= 15 is 0 Å². The molecular formula is C7H12O4. The summed E-state index contributed by atoms with van der Waals surface area (Å²) in [5.41, 5.74) is 0. The van der Waals surface area contributed by atoms with Crippen LogP contribution in [0.3, 0.4) is 0 Å². The number of aliphatic hydroxyl groups excluding tert-OH is 1. The highest BCUT2D eigenvalue weighted by Crippen LogP contribution is 2.16. The Bertz CT molecular complexity index is 145. The zero-order valence-electron chi connectivity index (χ0n) is 6.45. The first-order chi connectivity index (χ1) is 5.24. The van der Waals surface area contributed by atoms with E-state index < -0.39 is 0 Å². The zero-order valence-corrected chi connectivity index (χ0v) is 6.45. The van der Waals surface area contributed by atoms with Crippen molar-refractivity contribution in [2.45, 2.75) is 25.6 Å². The highest BCUT2D eigenvalue weighted by Gasteiger charge is 2.29. The van der Waals surface area contributed by atoms with Gasteiger partial charge in [-0.3, -0.25) is 4.79 Å². The fourth-order valence-corrected chi connectivity index (χ4v) is 1.15. The molecule has 64 valence electrons. The maximum absolute atomic E-state index is 10.5. The van der Waals surface area contributed by atoms with Crippen molar-refractivity contribution in [1.82, 2.24) is 0 Å². The Kier molecular flexibility index (Phi) is 2.84. The van der Waals surface area contributed by atoms with E-state index in [1.165, 1.54) is 6.92 Å². The maximum Gasteiger partial charge on any atom is 0.302 e. The summed E-state index contributed by atoms with van der Waals surface area (Å²) in [6.07, 6.45) is 0.113. The largest absolute Gasteiger partial charge is 0.460 e. The van der Waals surface area contributed by atoms with Crippen molar-refractivity contribution in [2.75, 3.05) is 13.2 Å². The van der Waals surface area contributed by atoms with Crippen LogP contribution in [0.15, 0.2) is 0 Å². The van der Waals surface area contributed by atoms with Gasteiger partial charge in [0.05, 0.1) is 13.2 Å². The van der Waals surface area contributed by atoms with Crippen LogP contribution in [0.2, 0.25) is 0 Å². The predicted octanol–water partition coefficient (Wildman–Crippen LogP) is -0.301. The van der Waals surface area contributed by atoms with E-state index in [9.17, 15) is 4.79 Å². The summed E-state index contributed by atoms with van der Waals surface area (Å²) in [6, 6.07) is 0. The van der Waals surface area contributed by atoms with Gasteiger partial charge in [0.1, 0.15) is 12.2 Å². The Morgan fingerprint density at radius 3 is 3.09 bits per heavy atom. The summed E-state index contributed by atoms with van der Waals surface area (Å²) < 4.78 is 9.98. The van der Waals surface area contributed by atoms with Gasteiger partial charge in [-0.25, -0.2) is 0 Å². The molecule has 0 aromatic rings. The second-order valence-corrected chi connectivity index (χ2v) is 2.53. The molecule has 0 amide bonds. The average Bonchev–Trinajstić information content (AvgIpc) is 2.34. The summed E-state index contributed by atoms with van der Waals surface area (Å²) in [5.74, 6) is -0.320. The number of carbonyl (C=O) groups is 1. The Balaban J connectivity index is 2.37. The lowest BCUT2D eigenvalue weighted by atomic mass is 10.2. The quantitative estimate of drug-likeness (QED) is 0.563. The molecule has 0 spiro atoms. The maximum atomic E-state index is 10.5. The SMILES string of the molecule is CC(=O)OC1CCOC1CO. The van der Waals surface area contributed by atoms with Crippen LogP contribution in [0.1, 0.15) is 13.3 Å². The third kappa shape index (κ3) is 2.17. The molecule has 11 heavy (non-hydrogen) atoms. The molecule has 1 aliphatic heterocycles. The monoisotopic (exact) mass is 160 g/mol. The first kappa shape index (κ1) is 8.49. The van der Waals surface area contributed by atoms with E-state index in [1.54, 1.807) is 0 Å². The number of ether oxygens (including phenoxy) is 2. The van der Waals surface area contributed by atoms with Crippen molar-refractivity contribution in [2.24, 2.45) is 0 Å². The highest BCUT2D eigenvalue weighted by atomic mass is 16.6. The van der Waals surface area contributed by atoms with Crippen molar-refractivity contribution in [1.29, 1.82) is 0 Å². The molecule has 0 aliphatic carbocycles. The molecule has 1 saturated heterocycles. The van der Waals surface area contributed by atoms with Crippen molar-refractivity contribution in [3.8, 4) is 0 Å². The molecule has 1 fully saturated rings. The van der Waals surface area contributed by atoms with Crippen LogP contribution in [-0.2, 0) is 14.3 Å². The van der Waals surface area contributed by atoms with Gasteiger partial charge in [-0.1, -0.05) is 0 Å². The molecule has 0 aromatic heterocycles. The van der Waals surface area contributed by atoms with Crippen LogP contribution in [0, 0.1) is 0 Å². The number of esters is 1. The molecule has 1 aliphatic rings. The summed E-state index contributed by atoms with van der Waals surface area (Å²) >= 11 is 0. The van der Waals surface area contributed by atoms with Gasteiger partial charge in [0.15, 0.2) is 0 Å². The Hall–Kier alpha value is -0.610. The zero-order chi connectivity index (χ0) is 8.27. The summed E-state index contributed by atoms with van der Waals surface area (Å²) in [6.45, 7) is 1.83. The molecule has 0 aromatic carbocycles. The normalized spacial score (nSPS) is 30.4. The summed E-state index contributed by atoms with van der Waals surface area (Å²) in [7, 11) is 0. The fraction of sp³-hybridized carbons (Fsp3) is 0.857. The van der Waals surface area contributed by atoms with E-state index in [2.05, 4.69) is 0 Å². The molecule has 2 unspecified atom stereocenters. The number of rotatable bonds is 2. The Morgan fingerprint density at radius 1 is 1.82 bits per heavy atom. The van der Waals surface area contributed by atoms with E-state index in [0.717, 1.165) is 0 Å². The molecule has 0 bridgehead atoms. The molecule has 2 atom stereocenters. The molecule has 0 radical (unpaired) electrons. The van der Waals surface area contributed by atoms with Crippen LogP contribution in [0.4, 0.5) is 0 Å². The lowest BCUT2D eigenvalue weighted by Gasteiger charge is -2.15. The molecule has 4 heteroatoms. The topological polar surface area (TPSA) is 55.8 Å². The van der Waals surface area contributed by atoms with Gasteiger partial charge in [-0.2, -0.15) is 0 Å². The number of carbonyl (C=O) groups excluding carboxylic acids is 1. The molecule has 1 heterocycles. The van der Waals surface area contributed by atoms with E-state index in [4.69, 9.17) is 14.6 Å². The van der Waals surface area contributed by atoms with Gasteiger partial charge >= 0.3 is 5.97 Å². The lowest BCUT2D eigenvalue weighted by molar-refractivity contribution is -0.149. The van der Waals surface area contributed by atoms with Crippen molar-refractivity contribution >= 4 is 5.97 Å². The first-order valence-electron chi connectivity index (χ1n) is 3.63. The third-order valence-electron chi connectivity index (χ3n) is 1.65. The van der Waals surface area contributed by atoms with E-state index in [-0.39, 0.29) is 24.8 Å². The van der Waals surface area contributed by atoms with Gasteiger partial charge in [-0.05, 0) is 0 Å². The predicted molar refractivity (Wildman–Crippen MR) is 37.0 cm³/mol. The summed E-state index contributed by atoms with van der Waals surface area (Å²) in [5, 5.41) is 8.73. The van der Waals surface area contributed by atoms with Gasteiger partial charge in [0, 0.05) is 13.3 Å². The van der Waals surface area contributed by atoms with Gasteiger partial charge < -0.3 is 14.6 Å². The number of hydrogen-bond donors (Lipinski definition) is 1. The second kappa shape index (κ2) is 3.69. The van der Waals surface area contributed by atoms with Gasteiger partial charge in [0.2, 0.25) is 0 Å². The standard InChI is InChI=1S/C7H12O4/c1-5(9)11-6-2-3-10-7(6)4-8/h6-8H,2-4H2,1H3. The van der Waals surface area contributed by atoms with E-state index in [0.29, 0.717) is 13.0 Å². The Morgan fingerprint density at radius 2 is 2.55 bits per heavy atom. The van der Waals surface area contributed by atoms with Crippen molar-refractivity contribution < 1.29 is 19.4 Å². The third-order valence-corrected chi connectivity index (χ3v) is 1.65. The van der Waals surface area contributed by atoms with Crippen LogP contribution < -0.4 is 0 Å². The highest BCUT2D eigenvalue weighted by molar-refractivity contribution is 5.66. The van der Waals surface area contributed by atoms with Crippen LogP contribution >= 0.6 is 0 Å². The van der Waals surface area contributed by atoms with Crippen LogP contribution in [-0.4, -0.2) is 36.5 Å². The van der Waals surface area contributed by atoms with Crippen molar-refractivity contribution in [3.05, 3.63) is 0 Å². The first-order valence-corrected chi connectivity index (χ1v) is 3.63. The minimum Gasteiger partial charge on any atom is -0.460 e. The molecule has 0 saturated carbocycles.